The number of rotatable bonds is 4. The van der Waals surface area contributed by atoms with E-state index in [0.717, 1.165) is 12.8 Å². The monoisotopic (exact) mass is 291 g/mol. The minimum absolute atomic E-state index is 0.00521. The van der Waals surface area contributed by atoms with Gasteiger partial charge in [0.15, 0.2) is 11.5 Å². The number of nitro groups is 1. The topological polar surface area (TPSA) is 69.4 Å². The van der Waals surface area contributed by atoms with E-state index in [4.69, 9.17) is 4.74 Å². The molecule has 21 heavy (non-hydrogen) atoms. The number of hydrogen-bond donors (Lipinski definition) is 0. The molecule has 1 fully saturated rings. The Bertz CT molecular complexity index is 545. The molecule has 2 unspecified atom stereocenters. The van der Waals surface area contributed by atoms with Crippen molar-refractivity contribution in [2.24, 2.45) is 11.8 Å². The average molecular weight is 291 g/mol. The first-order valence-corrected chi connectivity index (χ1v) is 7.32. The summed E-state index contributed by atoms with van der Waals surface area (Å²) in [6.07, 6.45) is 3.00. The molecule has 0 heterocycles. The van der Waals surface area contributed by atoms with Crippen LogP contribution in [-0.2, 0) is 0 Å². The van der Waals surface area contributed by atoms with Crippen molar-refractivity contribution in [1.29, 1.82) is 0 Å². The lowest BCUT2D eigenvalue weighted by atomic mass is 9.82. The Balaban J connectivity index is 2.23. The van der Waals surface area contributed by atoms with Gasteiger partial charge in [-0.05, 0) is 50.2 Å². The molecule has 5 heteroatoms. The number of benzene rings is 1. The molecule has 0 bridgehead atoms. The molecular formula is C16H21NO4. The summed E-state index contributed by atoms with van der Waals surface area (Å²) in [4.78, 5) is 22.0. The highest BCUT2D eigenvalue weighted by Crippen LogP contribution is 2.35. The quantitative estimate of drug-likeness (QED) is 0.477. The van der Waals surface area contributed by atoms with Gasteiger partial charge in [0.25, 0.3) is 0 Å². The second kappa shape index (κ2) is 6.24. The Hall–Kier alpha value is -1.91. The fraction of sp³-hybridized carbons (Fsp3) is 0.562. The smallest absolute Gasteiger partial charge is 0.311 e. The molecular weight excluding hydrogens is 270 g/mol. The number of Topliss-reactive ketones (excluding diaryl/α,β-unsaturated/α-hetero) is 1. The molecule has 0 amide bonds. The Morgan fingerprint density at radius 3 is 2.38 bits per heavy atom. The minimum Gasteiger partial charge on any atom is -0.483 e. The van der Waals surface area contributed by atoms with Gasteiger partial charge in [-0.2, -0.15) is 0 Å². The lowest BCUT2D eigenvalue weighted by Gasteiger charge is -2.31. The molecule has 0 N–H and O–H groups in total. The molecule has 2 atom stereocenters. The number of carbonyl (C=O) groups is 1. The average Bonchev–Trinajstić information content (AvgIpc) is 2.37. The van der Waals surface area contributed by atoms with Gasteiger partial charge in [0.1, 0.15) is 0 Å². The zero-order chi connectivity index (χ0) is 15.6. The van der Waals surface area contributed by atoms with Crippen molar-refractivity contribution in [3.05, 3.63) is 33.9 Å². The molecule has 1 aliphatic carbocycles. The fourth-order valence-electron chi connectivity index (χ4n) is 3.13. The second-order valence-electron chi connectivity index (χ2n) is 6.15. The van der Waals surface area contributed by atoms with Crippen LogP contribution < -0.4 is 4.74 Å². The van der Waals surface area contributed by atoms with Gasteiger partial charge in [-0.25, -0.2) is 0 Å². The van der Waals surface area contributed by atoms with Crippen LogP contribution in [0, 0.1) is 22.0 Å². The second-order valence-corrected chi connectivity index (χ2v) is 6.15. The third-order valence-electron chi connectivity index (χ3n) is 3.99. The van der Waals surface area contributed by atoms with Crippen molar-refractivity contribution in [1.82, 2.24) is 0 Å². The van der Waals surface area contributed by atoms with Crippen LogP contribution in [0.5, 0.6) is 5.75 Å². The summed E-state index contributed by atoms with van der Waals surface area (Å²) in [6.45, 7) is 5.75. The van der Waals surface area contributed by atoms with Gasteiger partial charge >= 0.3 is 5.69 Å². The predicted octanol–water partition coefficient (Wildman–Crippen LogP) is 4.00. The van der Waals surface area contributed by atoms with Crippen molar-refractivity contribution in [2.45, 2.75) is 46.1 Å². The van der Waals surface area contributed by atoms with Crippen molar-refractivity contribution >= 4 is 11.5 Å². The van der Waals surface area contributed by atoms with E-state index in [1.807, 2.05) is 0 Å². The minimum atomic E-state index is -0.489. The molecule has 5 nitrogen and oxygen atoms in total. The van der Waals surface area contributed by atoms with Crippen LogP contribution in [0.4, 0.5) is 5.69 Å². The van der Waals surface area contributed by atoms with Gasteiger partial charge in [0, 0.05) is 11.6 Å². The van der Waals surface area contributed by atoms with Gasteiger partial charge in [0.05, 0.1) is 11.0 Å². The summed E-state index contributed by atoms with van der Waals surface area (Å²) in [7, 11) is 0. The van der Waals surface area contributed by atoms with Gasteiger partial charge in [0.2, 0.25) is 0 Å². The molecule has 0 aromatic heterocycles. The number of carbonyl (C=O) groups excluding carboxylic acids is 1. The highest BCUT2D eigenvalue weighted by Gasteiger charge is 2.27. The van der Waals surface area contributed by atoms with E-state index < -0.39 is 4.92 Å². The summed E-state index contributed by atoms with van der Waals surface area (Å²) in [5, 5.41) is 11.2. The highest BCUT2D eigenvalue weighted by molar-refractivity contribution is 5.95. The third-order valence-corrected chi connectivity index (χ3v) is 3.99. The summed E-state index contributed by atoms with van der Waals surface area (Å²) in [6, 6.07) is 4.42. The molecule has 1 saturated carbocycles. The summed E-state index contributed by atoms with van der Waals surface area (Å²) in [5.74, 6) is 1.20. The van der Waals surface area contributed by atoms with Crippen molar-refractivity contribution in [3.8, 4) is 5.75 Å². The van der Waals surface area contributed by atoms with Crippen LogP contribution in [-0.4, -0.2) is 16.8 Å². The lowest BCUT2D eigenvalue weighted by molar-refractivity contribution is -0.386. The normalized spacial score (nSPS) is 25.4. The van der Waals surface area contributed by atoms with E-state index in [9.17, 15) is 14.9 Å². The van der Waals surface area contributed by atoms with E-state index in [1.165, 1.54) is 19.4 Å². The molecule has 2 rings (SSSR count). The van der Waals surface area contributed by atoms with Crippen molar-refractivity contribution < 1.29 is 14.5 Å². The molecule has 1 aromatic carbocycles. The number of ether oxygens (including phenoxy) is 1. The van der Waals surface area contributed by atoms with E-state index >= 15 is 0 Å². The first-order valence-electron chi connectivity index (χ1n) is 7.32. The predicted molar refractivity (Wildman–Crippen MR) is 79.7 cm³/mol. The highest BCUT2D eigenvalue weighted by atomic mass is 16.6. The van der Waals surface area contributed by atoms with Crippen molar-refractivity contribution in [2.75, 3.05) is 0 Å². The fourth-order valence-corrected chi connectivity index (χ4v) is 3.13. The van der Waals surface area contributed by atoms with E-state index in [2.05, 4.69) is 13.8 Å². The number of nitro benzene ring substituents is 1. The summed E-state index contributed by atoms with van der Waals surface area (Å²) < 4.78 is 5.87. The van der Waals surface area contributed by atoms with E-state index in [1.54, 1.807) is 12.1 Å². The van der Waals surface area contributed by atoms with Crippen LogP contribution in [0.25, 0.3) is 0 Å². The molecule has 0 saturated heterocycles. The Morgan fingerprint density at radius 1 is 1.24 bits per heavy atom. The lowest BCUT2D eigenvalue weighted by Crippen LogP contribution is -2.28. The largest absolute Gasteiger partial charge is 0.483 e. The van der Waals surface area contributed by atoms with Gasteiger partial charge in [-0.15, -0.1) is 0 Å². The van der Waals surface area contributed by atoms with Gasteiger partial charge in [-0.3, -0.25) is 14.9 Å². The third kappa shape index (κ3) is 3.80. The molecule has 0 radical (unpaired) electrons. The van der Waals surface area contributed by atoms with Crippen LogP contribution in [0.15, 0.2) is 18.2 Å². The Kier molecular flexibility index (Phi) is 4.60. The zero-order valence-corrected chi connectivity index (χ0v) is 12.7. The van der Waals surface area contributed by atoms with Gasteiger partial charge in [-0.1, -0.05) is 13.8 Å². The van der Waals surface area contributed by atoms with E-state index in [0.29, 0.717) is 17.4 Å². The zero-order valence-electron chi connectivity index (χ0n) is 12.7. The molecule has 114 valence electrons. The maximum Gasteiger partial charge on any atom is 0.311 e. The standard InChI is InChI=1S/C16H21NO4/c1-10-6-11(2)8-14(7-10)21-16-5-4-13(12(3)18)9-15(16)17(19)20/h4-5,9-11,14H,6-8H2,1-3H3. The number of hydrogen-bond acceptors (Lipinski definition) is 4. The Morgan fingerprint density at radius 2 is 1.86 bits per heavy atom. The number of ketones is 1. The van der Waals surface area contributed by atoms with E-state index in [-0.39, 0.29) is 23.3 Å². The SMILES string of the molecule is CC(=O)c1ccc(OC2CC(C)CC(C)C2)c([N+](=O)[O-])c1. The van der Waals surface area contributed by atoms with Crippen LogP contribution in [0.2, 0.25) is 0 Å². The van der Waals surface area contributed by atoms with Crippen LogP contribution in [0.3, 0.4) is 0 Å². The first-order chi connectivity index (χ1) is 9.86. The maximum absolute atomic E-state index is 11.3. The molecule has 0 aliphatic heterocycles. The Labute approximate surface area is 124 Å². The van der Waals surface area contributed by atoms with Gasteiger partial charge < -0.3 is 4.74 Å². The first kappa shape index (κ1) is 15.5. The van der Waals surface area contributed by atoms with Crippen LogP contribution in [0.1, 0.15) is 50.4 Å². The molecule has 1 aliphatic rings. The summed E-state index contributed by atoms with van der Waals surface area (Å²) in [5.41, 5.74) is 0.202. The molecule has 0 spiro atoms. The summed E-state index contributed by atoms with van der Waals surface area (Å²) >= 11 is 0. The molecule has 1 aromatic rings. The van der Waals surface area contributed by atoms with Crippen LogP contribution >= 0.6 is 0 Å². The maximum atomic E-state index is 11.3. The van der Waals surface area contributed by atoms with Crippen molar-refractivity contribution in [3.63, 3.8) is 0 Å². The number of nitrogens with zero attached hydrogens (tertiary/aromatic N) is 1.